The van der Waals surface area contributed by atoms with Crippen LogP contribution in [-0.4, -0.2) is 31.5 Å². The van der Waals surface area contributed by atoms with Gasteiger partial charge in [-0.2, -0.15) is 5.10 Å². The zero-order valence-electron chi connectivity index (χ0n) is 22.4. The lowest BCUT2D eigenvalue weighted by Crippen LogP contribution is -2.28. The first-order valence-electron chi connectivity index (χ1n) is 12.4. The van der Waals surface area contributed by atoms with Gasteiger partial charge in [0.05, 0.1) is 16.6 Å². The number of nitrogens with zero attached hydrogens (tertiary/aromatic N) is 5. The number of nitrogens with one attached hydrogen (secondary N) is 2. The molecule has 0 bridgehead atoms. The molecule has 0 aliphatic carbocycles. The van der Waals surface area contributed by atoms with Gasteiger partial charge in [0.1, 0.15) is 5.82 Å². The minimum Gasteiger partial charge on any atom is -0.378 e. The van der Waals surface area contributed by atoms with Crippen LogP contribution in [0.3, 0.4) is 0 Å². The van der Waals surface area contributed by atoms with Gasteiger partial charge in [0.15, 0.2) is 5.69 Å². The number of anilines is 2. The molecule has 0 fully saturated rings. The molecular weight excluding hydrogens is 505 g/mol. The molecule has 0 saturated carbocycles. The van der Waals surface area contributed by atoms with Gasteiger partial charge in [0.2, 0.25) is 5.95 Å². The molecule has 0 spiro atoms. The molecule has 1 aliphatic heterocycles. The molecule has 3 heterocycles. The Morgan fingerprint density at radius 3 is 2.61 bits per heavy atom. The molecule has 2 aromatic carbocycles. The lowest BCUT2D eigenvalue weighted by Gasteiger charge is -2.21. The van der Waals surface area contributed by atoms with E-state index in [1.165, 1.54) is 24.1 Å². The molecule has 38 heavy (non-hydrogen) atoms. The minimum atomic E-state index is -0.293. The maximum atomic E-state index is 13.8. The molecule has 0 atom stereocenters. The summed E-state index contributed by atoms with van der Waals surface area (Å²) in [6.07, 6.45) is 3.51. The van der Waals surface area contributed by atoms with Crippen molar-refractivity contribution in [1.29, 1.82) is 0 Å². The van der Waals surface area contributed by atoms with Crippen molar-refractivity contribution in [3.8, 4) is 0 Å². The number of rotatable bonds is 6. The minimum absolute atomic E-state index is 0.150. The number of hydrogen-bond acceptors (Lipinski definition) is 7. The van der Waals surface area contributed by atoms with Crippen molar-refractivity contribution in [2.45, 2.75) is 40.4 Å². The van der Waals surface area contributed by atoms with E-state index < -0.39 is 0 Å². The highest BCUT2D eigenvalue weighted by Gasteiger charge is 2.24. The normalized spacial score (nSPS) is 12.2. The number of halogens is 1. The fraction of sp³-hybridized carbons (Fsp3) is 0.333. The van der Waals surface area contributed by atoms with Crippen LogP contribution in [0.15, 0.2) is 41.3 Å². The first-order chi connectivity index (χ1) is 18.2. The highest BCUT2D eigenvalue weighted by molar-refractivity contribution is 7.97. The zero-order valence-corrected chi connectivity index (χ0v) is 23.2. The van der Waals surface area contributed by atoms with Crippen molar-refractivity contribution in [1.82, 2.24) is 24.1 Å². The second-order valence-corrected chi connectivity index (χ2v) is 9.53. The van der Waals surface area contributed by atoms with Crippen LogP contribution in [0.1, 0.15) is 46.6 Å². The molecule has 11 heteroatoms. The number of carbonyl (C=O) groups excluding carboxylic acids is 1. The van der Waals surface area contributed by atoms with E-state index in [-0.39, 0.29) is 23.0 Å². The Hall–Kier alpha value is -3.86. The van der Waals surface area contributed by atoms with Crippen LogP contribution < -0.4 is 20.5 Å². The van der Waals surface area contributed by atoms with Crippen LogP contribution in [0.5, 0.6) is 0 Å². The average molecular weight is 538 g/mol. The fourth-order valence-corrected chi connectivity index (χ4v) is 4.92. The third-order valence-electron chi connectivity index (χ3n) is 6.26. The summed E-state index contributed by atoms with van der Waals surface area (Å²) in [5.74, 6) is -0.0459. The molecule has 1 aliphatic rings. The smallest absolute Gasteiger partial charge is 0.283 e. The number of aryl methyl sites for hydroxylation is 2. The number of hydrogen-bond donors (Lipinski definition) is 2. The van der Waals surface area contributed by atoms with Crippen LogP contribution in [0.4, 0.5) is 16.0 Å². The summed E-state index contributed by atoms with van der Waals surface area (Å²) in [6, 6.07) is 8.59. The van der Waals surface area contributed by atoms with Gasteiger partial charge in [0, 0.05) is 46.2 Å². The highest BCUT2D eigenvalue weighted by Crippen LogP contribution is 2.29. The molecule has 1 amide bonds. The first-order valence-corrected chi connectivity index (χ1v) is 13.6. The predicted molar refractivity (Wildman–Crippen MR) is 151 cm³/mol. The number of fused-ring (bicyclic) bond motifs is 2. The topological polar surface area (TPSA) is 97.1 Å². The van der Waals surface area contributed by atoms with Crippen molar-refractivity contribution in [2.24, 2.45) is 14.1 Å². The quantitative estimate of drug-likeness (QED) is 0.355. The van der Waals surface area contributed by atoms with E-state index in [1.54, 1.807) is 41.9 Å². The van der Waals surface area contributed by atoms with Gasteiger partial charge in [-0.15, -0.1) is 0 Å². The third-order valence-corrected chi connectivity index (χ3v) is 6.65. The van der Waals surface area contributed by atoms with E-state index in [2.05, 4.69) is 15.1 Å². The lowest BCUT2D eigenvalue weighted by atomic mass is 10.1. The summed E-state index contributed by atoms with van der Waals surface area (Å²) in [5, 5.41) is 8.08. The van der Waals surface area contributed by atoms with E-state index >= 15 is 0 Å². The largest absolute Gasteiger partial charge is 0.378 e. The van der Waals surface area contributed by atoms with Crippen LogP contribution in [0.2, 0.25) is 0 Å². The van der Waals surface area contributed by atoms with Crippen molar-refractivity contribution in [3.05, 3.63) is 80.6 Å². The van der Waals surface area contributed by atoms with E-state index in [4.69, 9.17) is 4.98 Å². The highest BCUT2D eigenvalue weighted by atomic mass is 32.2. The summed E-state index contributed by atoms with van der Waals surface area (Å²) < 4.78 is 19.6. The first kappa shape index (κ1) is 27.2. The van der Waals surface area contributed by atoms with Crippen LogP contribution in [0.25, 0.3) is 10.9 Å². The molecule has 2 N–H and O–H groups in total. The van der Waals surface area contributed by atoms with E-state index in [1.807, 2.05) is 37.8 Å². The summed E-state index contributed by atoms with van der Waals surface area (Å²) in [5.41, 5.74) is 4.98. The van der Waals surface area contributed by atoms with Gasteiger partial charge in [0.25, 0.3) is 11.5 Å². The van der Waals surface area contributed by atoms with Gasteiger partial charge < -0.3 is 10.2 Å². The maximum absolute atomic E-state index is 13.8. The SMILES string of the molecule is CC.CSNC(=O)c1nn(C)cc1NCc1cc(C)cc2c(=O)n(C)c(N3Cc4ccc(F)cc4C3)nc12. The van der Waals surface area contributed by atoms with Crippen LogP contribution in [-0.2, 0) is 33.7 Å². The molecule has 9 nitrogen and oxygen atoms in total. The Kier molecular flexibility index (Phi) is 8.05. The van der Waals surface area contributed by atoms with E-state index in [0.29, 0.717) is 42.2 Å². The third kappa shape index (κ3) is 5.24. The number of carbonyl (C=O) groups is 1. The molecule has 4 aromatic rings. The second kappa shape index (κ2) is 11.3. The fourth-order valence-electron chi connectivity index (χ4n) is 4.63. The number of amides is 1. The summed E-state index contributed by atoms with van der Waals surface area (Å²) in [4.78, 5) is 32.7. The van der Waals surface area contributed by atoms with Crippen molar-refractivity contribution >= 4 is 40.4 Å². The molecule has 0 saturated heterocycles. The van der Waals surface area contributed by atoms with E-state index in [0.717, 1.165) is 22.3 Å². The van der Waals surface area contributed by atoms with Crippen molar-refractivity contribution in [3.63, 3.8) is 0 Å². The maximum Gasteiger partial charge on any atom is 0.283 e. The van der Waals surface area contributed by atoms with Crippen LogP contribution in [0, 0.1) is 12.7 Å². The predicted octanol–water partition coefficient (Wildman–Crippen LogP) is 4.28. The van der Waals surface area contributed by atoms with Gasteiger partial charge >= 0.3 is 0 Å². The van der Waals surface area contributed by atoms with Gasteiger partial charge in [-0.05, 0) is 47.4 Å². The monoisotopic (exact) mass is 537 g/mol. The molecule has 2 aromatic heterocycles. The molecule has 5 rings (SSSR count). The number of aromatic nitrogens is 4. The summed E-state index contributed by atoms with van der Waals surface area (Å²) in [6.45, 7) is 7.30. The van der Waals surface area contributed by atoms with Crippen LogP contribution >= 0.6 is 11.9 Å². The van der Waals surface area contributed by atoms with Gasteiger partial charge in [-0.1, -0.05) is 37.9 Å². The second-order valence-electron chi connectivity index (χ2n) is 8.92. The standard InChI is InChI=1S/C25H26FN7O2S.C2H6/c1-14-7-16(10-27-20-13-31(2)29-22(20)23(34)30-36-4)21-19(8-14)24(35)32(3)25(28-21)33-11-15-5-6-18(26)9-17(15)12-33;1-2/h5-9,13,27H,10-12H2,1-4H3,(H,30,34);1-2H3. The van der Waals surface area contributed by atoms with Crippen molar-refractivity contribution in [2.75, 3.05) is 16.5 Å². The van der Waals surface area contributed by atoms with Gasteiger partial charge in [-0.25, -0.2) is 9.37 Å². The Balaban J connectivity index is 0.00000164. The number of benzene rings is 2. The Morgan fingerprint density at radius 2 is 1.87 bits per heavy atom. The Morgan fingerprint density at radius 1 is 1.13 bits per heavy atom. The summed E-state index contributed by atoms with van der Waals surface area (Å²) in [7, 11) is 3.46. The zero-order chi connectivity index (χ0) is 27.6. The molecule has 0 radical (unpaired) electrons. The van der Waals surface area contributed by atoms with E-state index in [9.17, 15) is 14.0 Å². The average Bonchev–Trinajstić information content (AvgIpc) is 3.49. The van der Waals surface area contributed by atoms with Crippen molar-refractivity contribution < 1.29 is 9.18 Å². The van der Waals surface area contributed by atoms with Gasteiger partial charge in [-0.3, -0.25) is 23.6 Å². The molecule has 0 unspecified atom stereocenters. The lowest BCUT2D eigenvalue weighted by molar-refractivity contribution is 0.0979. The summed E-state index contributed by atoms with van der Waals surface area (Å²) >= 11 is 1.20. The molecule has 200 valence electrons. The Labute approximate surface area is 225 Å². The molecular formula is C27H32FN7O2S. The Bertz CT molecular complexity index is 1560.